The Morgan fingerprint density at radius 2 is 2.02 bits per heavy atom. The highest BCUT2D eigenvalue weighted by molar-refractivity contribution is 7.96. The normalized spacial score (nSPS) is 20.9. The summed E-state index contributed by atoms with van der Waals surface area (Å²) in [5, 5.41) is 22.7. The molecule has 5 unspecified atom stereocenters. The number of rotatable bonds is 14. The molecule has 11 heteroatoms. The molecule has 45 heavy (non-hydrogen) atoms. The maximum Gasteiger partial charge on any atom is 0.264 e. The molecule has 4 rings (SSSR count). The zero-order valence-electron chi connectivity index (χ0n) is 26.7. The fourth-order valence-corrected chi connectivity index (χ4v) is 6.68. The fourth-order valence-electron chi connectivity index (χ4n) is 6.17. The van der Waals surface area contributed by atoms with Crippen molar-refractivity contribution in [2.45, 2.75) is 64.1 Å². The Morgan fingerprint density at radius 1 is 1.22 bits per heavy atom. The van der Waals surface area contributed by atoms with Crippen molar-refractivity contribution in [1.82, 2.24) is 14.3 Å². The fraction of sp³-hybridized carbons (Fsp3) is 0.529. The van der Waals surface area contributed by atoms with Crippen LogP contribution in [-0.4, -0.2) is 73.4 Å². The molecule has 246 valence electrons. The molecular formula is C34H47ClN4O5S. The summed E-state index contributed by atoms with van der Waals surface area (Å²) in [7, 11) is 3.46. The molecule has 0 bridgehead atoms. The lowest BCUT2D eigenvalue weighted by Gasteiger charge is -2.42. The van der Waals surface area contributed by atoms with Crippen molar-refractivity contribution in [2.75, 3.05) is 45.2 Å². The lowest BCUT2D eigenvalue weighted by molar-refractivity contribution is -0.128. The summed E-state index contributed by atoms with van der Waals surface area (Å²) in [5.74, 6) is 0.651. The second kappa shape index (κ2) is 16.7. The highest BCUT2D eigenvalue weighted by Gasteiger charge is 2.38. The Balaban J connectivity index is 1.58. The monoisotopic (exact) mass is 658 g/mol. The van der Waals surface area contributed by atoms with Crippen LogP contribution >= 0.6 is 23.7 Å². The molecule has 1 aliphatic carbocycles. The quantitative estimate of drug-likeness (QED) is 0.165. The highest BCUT2D eigenvalue weighted by Crippen LogP contribution is 2.43. The molecule has 1 saturated carbocycles. The van der Waals surface area contributed by atoms with Gasteiger partial charge in [-0.15, -0.1) is 0 Å². The summed E-state index contributed by atoms with van der Waals surface area (Å²) in [5.41, 5.74) is 3.75. The van der Waals surface area contributed by atoms with E-state index in [1.165, 1.54) is 11.1 Å². The maximum absolute atomic E-state index is 12.6. The predicted molar refractivity (Wildman–Crippen MR) is 181 cm³/mol. The van der Waals surface area contributed by atoms with E-state index in [0.717, 1.165) is 48.5 Å². The van der Waals surface area contributed by atoms with Gasteiger partial charge in [0.2, 0.25) is 5.91 Å². The summed E-state index contributed by atoms with van der Waals surface area (Å²) in [6.45, 7) is 6.19. The van der Waals surface area contributed by atoms with Crippen LogP contribution < -0.4 is 19.1 Å². The first-order valence-electron chi connectivity index (χ1n) is 15.8. The summed E-state index contributed by atoms with van der Waals surface area (Å²) >= 11 is 7.40. The van der Waals surface area contributed by atoms with Gasteiger partial charge in [-0.2, -0.15) is 0 Å². The van der Waals surface area contributed by atoms with Gasteiger partial charge in [0, 0.05) is 56.7 Å². The molecule has 5 atom stereocenters. The van der Waals surface area contributed by atoms with Gasteiger partial charge in [-0.3, -0.25) is 14.3 Å². The molecule has 2 aromatic rings. The molecule has 0 spiro atoms. The highest BCUT2D eigenvalue weighted by atomic mass is 35.5. The molecule has 0 saturated heterocycles. The Morgan fingerprint density at radius 3 is 2.71 bits per heavy atom. The molecule has 4 N–H and O–H groups in total. The maximum atomic E-state index is 12.6. The van der Waals surface area contributed by atoms with Crippen LogP contribution in [0, 0.1) is 11.8 Å². The third-order valence-corrected chi connectivity index (χ3v) is 9.70. The number of benzene rings is 2. The minimum absolute atomic E-state index is 0.0246. The van der Waals surface area contributed by atoms with Gasteiger partial charge < -0.3 is 24.7 Å². The van der Waals surface area contributed by atoms with E-state index in [-0.39, 0.29) is 23.7 Å². The average Bonchev–Trinajstić information content (AvgIpc) is 3.18. The largest absolute Gasteiger partial charge is 0.491 e. The lowest BCUT2D eigenvalue weighted by Crippen LogP contribution is -2.44. The molecule has 2 amide bonds. The van der Waals surface area contributed by atoms with E-state index < -0.39 is 18.1 Å². The number of anilines is 1. The van der Waals surface area contributed by atoms with Gasteiger partial charge in [0.25, 0.3) is 5.91 Å². The summed E-state index contributed by atoms with van der Waals surface area (Å²) in [6.07, 6.45) is 6.46. The van der Waals surface area contributed by atoms with E-state index in [9.17, 15) is 19.8 Å². The number of nitrogens with one attached hydrogen (secondary N) is 2. The molecule has 2 aromatic carbocycles. The Labute approximate surface area is 276 Å². The Bertz CT molecular complexity index is 1340. The van der Waals surface area contributed by atoms with Crippen molar-refractivity contribution in [3.63, 3.8) is 0 Å². The average molecular weight is 659 g/mol. The number of aryl methyl sites for hydroxylation is 1. The number of ether oxygens (including phenoxy) is 1. The summed E-state index contributed by atoms with van der Waals surface area (Å²) in [4.78, 5) is 28.0. The number of hydrogen-bond acceptors (Lipinski definition) is 8. The first kappa shape index (κ1) is 35.1. The first-order valence-corrected chi connectivity index (χ1v) is 17.0. The summed E-state index contributed by atoms with van der Waals surface area (Å²) < 4.78 is 11.8. The minimum Gasteiger partial charge on any atom is -0.491 e. The second-order valence-electron chi connectivity index (χ2n) is 12.1. The van der Waals surface area contributed by atoms with Crippen molar-refractivity contribution in [3.05, 3.63) is 70.3 Å². The number of nitrogens with zero attached hydrogens (tertiary/aromatic N) is 2. The third kappa shape index (κ3) is 9.16. The van der Waals surface area contributed by atoms with Crippen LogP contribution in [0.4, 0.5) is 5.69 Å². The van der Waals surface area contributed by atoms with Crippen LogP contribution in [0.15, 0.2) is 48.6 Å². The summed E-state index contributed by atoms with van der Waals surface area (Å²) in [6, 6.07) is 11.5. The topological polar surface area (TPSA) is 114 Å². The zero-order valence-corrected chi connectivity index (χ0v) is 28.2. The van der Waals surface area contributed by atoms with Gasteiger partial charge in [-0.1, -0.05) is 49.2 Å². The van der Waals surface area contributed by atoms with E-state index in [1.54, 1.807) is 32.0 Å². The van der Waals surface area contributed by atoms with Crippen molar-refractivity contribution in [2.24, 2.45) is 11.8 Å². The van der Waals surface area contributed by atoms with Gasteiger partial charge in [0.05, 0.1) is 18.4 Å². The van der Waals surface area contributed by atoms with Gasteiger partial charge in [0.1, 0.15) is 5.75 Å². The van der Waals surface area contributed by atoms with Crippen molar-refractivity contribution >= 4 is 41.2 Å². The van der Waals surface area contributed by atoms with E-state index in [0.29, 0.717) is 44.0 Å². The SMILES string of the molecule is CCCc1cc(Cl)ccc1C1COc2ccc(C(O)C(=O)NSNC)cc2N(CC2CCC2C(O)/C=C/CCN(C)C(C)=O)C1. The molecule has 0 aromatic heterocycles. The van der Waals surface area contributed by atoms with Crippen LogP contribution in [0.2, 0.25) is 5.02 Å². The van der Waals surface area contributed by atoms with Crippen molar-refractivity contribution in [1.29, 1.82) is 0 Å². The third-order valence-electron chi connectivity index (χ3n) is 8.96. The van der Waals surface area contributed by atoms with Crippen LogP contribution in [0.1, 0.15) is 68.2 Å². The smallest absolute Gasteiger partial charge is 0.264 e. The number of amides is 2. The standard InChI is InChI=1S/C34H47ClN4O5S/c1-5-8-23-17-27(35)12-14-28(23)26-20-39(19-25-10-13-29(25)31(41)9-6-7-16-38(4)22(2)40)30-18-24(11-15-32(30)44-21-26)33(42)34(43)37-45-36-3/h6,9,11-12,14-15,17-18,25-26,29,31,33,36,41-42H,5,7-8,10,13,16,19-21H2,1-4H3,(H,37,43)/b9-6+. The molecule has 1 heterocycles. The number of aliphatic hydroxyl groups is 2. The lowest BCUT2D eigenvalue weighted by atomic mass is 9.70. The molecule has 1 fully saturated rings. The van der Waals surface area contributed by atoms with Crippen LogP contribution in [0.25, 0.3) is 0 Å². The van der Waals surface area contributed by atoms with Gasteiger partial charge in [-0.25, -0.2) is 4.72 Å². The Kier molecular flexibility index (Phi) is 13.0. The molecule has 1 aliphatic heterocycles. The van der Waals surface area contributed by atoms with Crippen molar-refractivity contribution in [3.8, 4) is 5.75 Å². The molecular weight excluding hydrogens is 612 g/mol. The number of carbonyl (C=O) groups is 2. The number of fused-ring (bicyclic) bond motifs is 1. The minimum atomic E-state index is -1.34. The van der Waals surface area contributed by atoms with Crippen LogP contribution in [-0.2, 0) is 16.0 Å². The number of halogens is 1. The van der Waals surface area contributed by atoms with Crippen molar-refractivity contribution < 1.29 is 24.5 Å². The van der Waals surface area contributed by atoms with E-state index in [2.05, 4.69) is 33.4 Å². The number of aliphatic hydroxyl groups excluding tert-OH is 2. The second-order valence-corrected chi connectivity index (χ2v) is 13.3. The van der Waals surface area contributed by atoms with Crippen LogP contribution in [0.3, 0.4) is 0 Å². The molecule has 9 nitrogen and oxygen atoms in total. The number of carbonyl (C=O) groups excluding carboxylic acids is 2. The van der Waals surface area contributed by atoms with E-state index >= 15 is 0 Å². The zero-order chi connectivity index (χ0) is 32.5. The van der Waals surface area contributed by atoms with Gasteiger partial charge >= 0.3 is 0 Å². The van der Waals surface area contributed by atoms with Crippen LogP contribution in [0.5, 0.6) is 5.75 Å². The first-order chi connectivity index (χ1) is 21.6. The van der Waals surface area contributed by atoms with E-state index in [4.69, 9.17) is 16.3 Å². The molecule has 2 aliphatic rings. The van der Waals surface area contributed by atoms with Gasteiger partial charge in [0.15, 0.2) is 6.10 Å². The van der Waals surface area contributed by atoms with Gasteiger partial charge in [-0.05, 0) is 85.5 Å². The molecule has 0 radical (unpaired) electrons. The predicted octanol–water partition coefficient (Wildman–Crippen LogP) is 5.02. The number of hydrogen-bond donors (Lipinski definition) is 4. The van der Waals surface area contributed by atoms with E-state index in [1.807, 2.05) is 30.4 Å². The Hall–Kier alpha value is -2.76.